The number of hydrogen-bond acceptors (Lipinski definition) is 5. The first kappa shape index (κ1) is 29.3. The van der Waals surface area contributed by atoms with Gasteiger partial charge in [-0.15, -0.1) is 0 Å². The van der Waals surface area contributed by atoms with Crippen LogP contribution in [0.25, 0.3) is 0 Å². The lowest BCUT2D eigenvalue weighted by Crippen LogP contribution is -2.58. The minimum absolute atomic E-state index is 0.0143. The van der Waals surface area contributed by atoms with Gasteiger partial charge in [0.15, 0.2) is 0 Å². The Balaban J connectivity index is 2.17. The zero-order valence-corrected chi connectivity index (χ0v) is 23.2. The summed E-state index contributed by atoms with van der Waals surface area (Å²) in [5, 5.41) is 3.09. The smallest absolute Gasteiger partial charge is 0.249 e. The van der Waals surface area contributed by atoms with Crippen LogP contribution < -0.4 is 5.32 Å². The van der Waals surface area contributed by atoms with Gasteiger partial charge in [-0.3, -0.25) is 19.3 Å². The number of amides is 3. The maximum absolute atomic E-state index is 13.7. The molecule has 0 aromatic rings. The van der Waals surface area contributed by atoms with E-state index in [0.29, 0.717) is 31.9 Å². The lowest BCUT2D eigenvalue weighted by Gasteiger charge is -2.39. The summed E-state index contributed by atoms with van der Waals surface area (Å²) in [5.74, 6) is -0.150. The summed E-state index contributed by atoms with van der Waals surface area (Å²) in [5.41, 5.74) is 0.630. The van der Waals surface area contributed by atoms with Gasteiger partial charge in [0, 0.05) is 31.8 Å². The molecule has 35 heavy (non-hydrogen) atoms. The molecule has 0 aromatic carbocycles. The highest BCUT2D eigenvalue weighted by atomic mass is 16.5. The Morgan fingerprint density at radius 1 is 0.971 bits per heavy atom. The van der Waals surface area contributed by atoms with Gasteiger partial charge in [0.1, 0.15) is 6.04 Å². The highest BCUT2D eigenvalue weighted by Crippen LogP contribution is 2.21. The van der Waals surface area contributed by atoms with Gasteiger partial charge in [-0.25, -0.2) is 0 Å². The second-order valence-corrected chi connectivity index (χ2v) is 11.0. The molecule has 0 aromatic heterocycles. The molecule has 8 nitrogen and oxygen atoms in total. The summed E-state index contributed by atoms with van der Waals surface area (Å²) in [7, 11) is 1.78. The molecule has 2 heterocycles. The number of carbonyl (C=O) groups is 3. The standard InChI is InChI=1S/C27H48N4O4/c1-18(2)23(17-21(7)26(33)30-13-15-35-16-14-30)29(8)27(34)24(19(3)4)28-25(32)22-11-9-10-12-31(22)20(5)6/h17-20,22-24H,9-16H2,1-8H3,(H,28,32)/t22-,23-,24+/m1/s1. The fourth-order valence-electron chi connectivity index (χ4n) is 5.08. The number of carbonyl (C=O) groups excluding carboxylic acids is 3. The molecular weight excluding hydrogens is 444 g/mol. The molecule has 3 amide bonds. The summed E-state index contributed by atoms with van der Waals surface area (Å²) in [6, 6.07) is -0.789. The predicted octanol–water partition coefficient (Wildman–Crippen LogP) is 2.68. The average molecular weight is 493 g/mol. The first-order chi connectivity index (χ1) is 16.5. The minimum atomic E-state index is -0.617. The summed E-state index contributed by atoms with van der Waals surface area (Å²) >= 11 is 0. The van der Waals surface area contributed by atoms with Crippen LogP contribution in [0.15, 0.2) is 11.6 Å². The first-order valence-electron chi connectivity index (χ1n) is 13.3. The number of likely N-dealkylation sites (tertiary alicyclic amines) is 1. The maximum Gasteiger partial charge on any atom is 0.249 e. The Morgan fingerprint density at radius 2 is 1.60 bits per heavy atom. The van der Waals surface area contributed by atoms with E-state index < -0.39 is 6.04 Å². The van der Waals surface area contributed by atoms with Crippen molar-refractivity contribution < 1.29 is 19.1 Å². The quantitative estimate of drug-likeness (QED) is 0.501. The van der Waals surface area contributed by atoms with Crippen LogP contribution in [0.4, 0.5) is 0 Å². The molecule has 0 saturated carbocycles. The number of likely N-dealkylation sites (N-methyl/N-ethyl adjacent to an activating group) is 1. The summed E-state index contributed by atoms with van der Waals surface area (Å²) < 4.78 is 5.36. The van der Waals surface area contributed by atoms with E-state index in [0.717, 1.165) is 25.8 Å². The highest BCUT2D eigenvalue weighted by molar-refractivity contribution is 5.93. The van der Waals surface area contributed by atoms with Crippen LogP contribution in [0.2, 0.25) is 0 Å². The van der Waals surface area contributed by atoms with E-state index in [4.69, 9.17) is 4.74 Å². The zero-order chi connectivity index (χ0) is 26.3. The van der Waals surface area contributed by atoms with Gasteiger partial charge in [-0.2, -0.15) is 0 Å². The van der Waals surface area contributed by atoms with Gasteiger partial charge < -0.3 is 19.9 Å². The van der Waals surface area contributed by atoms with Crippen molar-refractivity contribution in [2.75, 3.05) is 39.9 Å². The van der Waals surface area contributed by atoms with E-state index in [1.807, 2.05) is 40.7 Å². The maximum atomic E-state index is 13.7. The number of morpholine rings is 1. The number of rotatable bonds is 9. The van der Waals surface area contributed by atoms with Gasteiger partial charge >= 0.3 is 0 Å². The van der Waals surface area contributed by atoms with Crippen molar-refractivity contribution in [2.45, 2.75) is 91.9 Å². The monoisotopic (exact) mass is 492 g/mol. The van der Waals surface area contributed by atoms with E-state index in [2.05, 4.69) is 24.1 Å². The molecule has 2 fully saturated rings. The Kier molecular flexibility index (Phi) is 11.2. The van der Waals surface area contributed by atoms with Crippen LogP contribution in [-0.2, 0) is 19.1 Å². The van der Waals surface area contributed by atoms with E-state index in [1.165, 1.54) is 0 Å². The number of piperidine rings is 1. The van der Waals surface area contributed by atoms with Crippen LogP contribution in [0.5, 0.6) is 0 Å². The van der Waals surface area contributed by atoms with Crippen molar-refractivity contribution in [2.24, 2.45) is 11.8 Å². The van der Waals surface area contributed by atoms with Crippen molar-refractivity contribution >= 4 is 17.7 Å². The topological polar surface area (TPSA) is 82.2 Å². The molecule has 0 spiro atoms. The second-order valence-electron chi connectivity index (χ2n) is 11.0. The molecule has 0 aliphatic carbocycles. The molecule has 2 aliphatic rings. The molecule has 0 bridgehead atoms. The SMILES string of the molecule is CC(=C[C@H](C(C)C)N(C)C(=O)[C@@H](NC(=O)[C@H]1CCCCN1C(C)C)C(C)C)C(=O)N1CCOCC1. The van der Waals surface area contributed by atoms with Gasteiger partial charge in [-0.05, 0) is 52.0 Å². The minimum Gasteiger partial charge on any atom is -0.378 e. The third kappa shape index (κ3) is 7.78. The molecule has 1 N–H and O–H groups in total. The number of hydrogen-bond donors (Lipinski definition) is 1. The molecule has 3 atom stereocenters. The van der Waals surface area contributed by atoms with E-state index in [1.54, 1.807) is 16.8 Å². The Morgan fingerprint density at radius 3 is 2.14 bits per heavy atom. The summed E-state index contributed by atoms with van der Waals surface area (Å²) in [6.45, 7) is 17.2. The molecular formula is C27H48N4O4. The third-order valence-corrected chi connectivity index (χ3v) is 7.27. The largest absolute Gasteiger partial charge is 0.378 e. The fourth-order valence-corrected chi connectivity index (χ4v) is 5.08. The fraction of sp³-hybridized carbons (Fsp3) is 0.815. The Hall–Kier alpha value is -1.93. The van der Waals surface area contributed by atoms with Crippen LogP contribution in [0.3, 0.4) is 0 Å². The van der Waals surface area contributed by atoms with Crippen LogP contribution >= 0.6 is 0 Å². The Bertz CT molecular complexity index is 758. The predicted molar refractivity (Wildman–Crippen MR) is 139 cm³/mol. The first-order valence-corrected chi connectivity index (χ1v) is 13.3. The lowest BCUT2D eigenvalue weighted by molar-refractivity contribution is -0.140. The van der Waals surface area contributed by atoms with Gasteiger partial charge in [0.25, 0.3) is 0 Å². The zero-order valence-electron chi connectivity index (χ0n) is 23.2. The summed E-state index contributed by atoms with van der Waals surface area (Å²) in [4.78, 5) is 45.7. The van der Waals surface area contributed by atoms with E-state index in [-0.39, 0.29) is 47.7 Å². The number of nitrogens with one attached hydrogen (secondary N) is 1. The average Bonchev–Trinajstić information content (AvgIpc) is 2.84. The van der Waals surface area contributed by atoms with Crippen LogP contribution in [0, 0.1) is 11.8 Å². The molecule has 0 unspecified atom stereocenters. The molecule has 2 saturated heterocycles. The van der Waals surface area contributed by atoms with E-state index in [9.17, 15) is 14.4 Å². The molecule has 2 aliphatic heterocycles. The van der Waals surface area contributed by atoms with Gasteiger partial charge in [0.2, 0.25) is 17.7 Å². The van der Waals surface area contributed by atoms with Crippen molar-refractivity contribution in [3.63, 3.8) is 0 Å². The van der Waals surface area contributed by atoms with Crippen molar-refractivity contribution in [3.05, 3.63) is 11.6 Å². The summed E-state index contributed by atoms with van der Waals surface area (Å²) in [6.07, 6.45) is 4.85. The van der Waals surface area contributed by atoms with Crippen molar-refractivity contribution in [1.82, 2.24) is 20.0 Å². The van der Waals surface area contributed by atoms with E-state index >= 15 is 0 Å². The normalized spacial score (nSPS) is 21.9. The van der Waals surface area contributed by atoms with Crippen molar-refractivity contribution in [1.29, 1.82) is 0 Å². The highest BCUT2D eigenvalue weighted by Gasteiger charge is 2.36. The van der Waals surface area contributed by atoms with Crippen molar-refractivity contribution in [3.8, 4) is 0 Å². The molecule has 8 heteroatoms. The Labute approximate surface area is 212 Å². The van der Waals surface area contributed by atoms with Crippen LogP contribution in [-0.4, -0.2) is 96.5 Å². The van der Waals surface area contributed by atoms with Gasteiger partial charge in [-0.1, -0.05) is 40.2 Å². The van der Waals surface area contributed by atoms with Gasteiger partial charge in [0.05, 0.1) is 25.3 Å². The molecule has 0 radical (unpaired) electrons. The molecule has 200 valence electrons. The lowest BCUT2D eigenvalue weighted by atomic mass is 9.95. The number of nitrogens with zero attached hydrogens (tertiary/aromatic N) is 3. The second kappa shape index (κ2) is 13.4. The molecule has 2 rings (SSSR count). The third-order valence-electron chi connectivity index (χ3n) is 7.27. The van der Waals surface area contributed by atoms with Crippen LogP contribution in [0.1, 0.15) is 67.7 Å². The number of ether oxygens (including phenoxy) is 1.